The number of aromatic nitrogens is 2. The van der Waals surface area contributed by atoms with Crippen LogP contribution in [-0.4, -0.2) is 9.38 Å². The Hall–Kier alpha value is -1.06. The Bertz CT molecular complexity index is 540. The minimum Gasteiger partial charge on any atom is -0.323 e. The second-order valence-corrected chi connectivity index (χ2v) is 4.85. The van der Waals surface area contributed by atoms with E-state index in [9.17, 15) is 0 Å². The van der Waals surface area contributed by atoms with Gasteiger partial charge in [0.1, 0.15) is 5.82 Å². The molecule has 0 aliphatic heterocycles. The van der Waals surface area contributed by atoms with E-state index in [0.717, 1.165) is 17.0 Å². The van der Waals surface area contributed by atoms with Crippen molar-refractivity contribution in [2.24, 2.45) is 5.73 Å². The fourth-order valence-corrected chi connectivity index (χ4v) is 2.36. The first kappa shape index (κ1) is 10.1. The summed E-state index contributed by atoms with van der Waals surface area (Å²) in [5.41, 5.74) is 8.04. The molecule has 0 spiro atoms. The zero-order chi connectivity index (χ0) is 11.3. The molecule has 84 valence electrons. The van der Waals surface area contributed by atoms with Gasteiger partial charge in [-0.25, -0.2) is 4.98 Å². The van der Waals surface area contributed by atoms with Crippen molar-refractivity contribution >= 4 is 17.1 Å². The van der Waals surface area contributed by atoms with Gasteiger partial charge < -0.3 is 5.73 Å². The molecular formula is C12H14ClN3. The summed E-state index contributed by atoms with van der Waals surface area (Å²) in [7, 11) is 0. The second-order valence-electron chi connectivity index (χ2n) is 4.50. The van der Waals surface area contributed by atoms with Crippen LogP contribution in [0.3, 0.4) is 0 Å². The fourth-order valence-electron chi connectivity index (χ4n) is 2.12. The lowest BCUT2D eigenvalue weighted by Crippen LogP contribution is -2.11. The van der Waals surface area contributed by atoms with Crippen LogP contribution in [-0.2, 0) is 0 Å². The van der Waals surface area contributed by atoms with E-state index in [2.05, 4.69) is 9.38 Å². The molecule has 1 aliphatic rings. The molecule has 1 saturated carbocycles. The fraction of sp³-hybridized carbons (Fsp3) is 0.417. The molecular weight excluding hydrogens is 222 g/mol. The molecule has 2 heterocycles. The van der Waals surface area contributed by atoms with Crippen molar-refractivity contribution in [1.82, 2.24) is 9.38 Å². The molecule has 0 aromatic carbocycles. The van der Waals surface area contributed by atoms with Crippen LogP contribution in [0.2, 0.25) is 5.15 Å². The van der Waals surface area contributed by atoms with Crippen LogP contribution in [0.5, 0.6) is 0 Å². The molecule has 2 aromatic heterocycles. The summed E-state index contributed by atoms with van der Waals surface area (Å²) in [4.78, 5) is 4.47. The Kier molecular flexibility index (Phi) is 2.19. The van der Waals surface area contributed by atoms with E-state index in [0.29, 0.717) is 11.1 Å². The van der Waals surface area contributed by atoms with Gasteiger partial charge in [-0.05, 0) is 31.9 Å². The quantitative estimate of drug-likeness (QED) is 0.870. The normalized spacial score (nSPS) is 17.9. The number of nitrogens with two attached hydrogens (primary N) is 1. The molecule has 2 aromatic rings. The summed E-state index contributed by atoms with van der Waals surface area (Å²) in [6, 6.07) is 6.01. The first-order chi connectivity index (χ1) is 7.68. The molecule has 1 unspecified atom stereocenters. The van der Waals surface area contributed by atoms with Crippen molar-refractivity contribution in [3.8, 4) is 0 Å². The molecule has 0 amide bonds. The molecule has 1 fully saturated rings. The Morgan fingerprint density at radius 2 is 2.25 bits per heavy atom. The zero-order valence-corrected chi connectivity index (χ0v) is 9.91. The van der Waals surface area contributed by atoms with Crippen LogP contribution >= 0.6 is 11.6 Å². The summed E-state index contributed by atoms with van der Waals surface area (Å²) in [5.74, 6) is 1.65. The van der Waals surface area contributed by atoms with E-state index in [1.165, 1.54) is 12.8 Å². The third kappa shape index (κ3) is 1.43. The lowest BCUT2D eigenvalue weighted by atomic mass is 10.2. The molecule has 2 N–H and O–H groups in total. The van der Waals surface area contributed by atoms with Crippen molar-refractivity contribution in [2.75, 3.05) is 0 Å². The minimum absolute atomic E-state index is 0.00790. The molecule has 1 atom stereocenters. The van der Waals surface area contributed by atoms with E-state index in [4.69, 9.17) is 17.3 Å². The molecule has 3 rings (SSSR count). The van der Waals surface area contributed by atoms with Gasteiger partial charge in [-0.2, -0.15) is 0 Å². The Morgan fingerprint density at radius 1 is 1.50 bits per heavy atom. The van der Waals surface area contributed by atoms with Crippen molar-refractivity contribution in [2.45, 2.75) is 31.7 Å². The van der Waals surface area contributed by atoms with Gasteiger partial charge in [-0.15, -0.1) is 0 Å². The van der Waals surface area contributed by atoms with Crippen molar-refractivity contribution < 1.29 is 0 Å². The largest absolute Gasteiger partial charge is 0.323 e. The molecule has 3 nitrogen and oxygen atoms in total. The maximum atomic E-state index is 6.15. The van der Waals surface area contributed by atoms with E-state index in [1.54, 1.807) is 0 Å². The maximum absolute atomic E-state index is 6.15. The molecule has 0 saturated heterocycles. The van der Waals surface area contributed by atoms with Crippen LogP contribution in [0.25, 0.3) is 5.52 Å². The summed E-state index contributed by atoms with van der Waals surface area (Å²) in [5, 5.41) is 0.587. The molecule has 16 heavy (non-hydrogen) atoms. The van der Waals surface area contributed by atoms with Crippen LogP contribution in [0.15, 0.2) is 18.2 Å². The van der Waals surface area contributed by atoms with Crippen LogP contribution in [0.1, 0.15) is 43.2 Å². The molecule has 0 bridgehead atoms. The van der Waals surface area contributed by atoms with Crippen molar-refractivity contribution in [3.63, 3.8) is 0 Å². The van der Waals surface area contributed by atoms with Gasteiger partial charge in [-0.1, -0.05) is 17.7 Å². The van der Waals surface area contributed by atoms with Crippen LogP contribution < -0.4 is 5.73 Å². The van der Waals surface area contributed by atoms with Crippen LogP contribution in [0, 0.1) is 0 Å². The van der Waals surface area contributed by atoms with Crippen molar-refractivity contribution in [3.05, 3.63) is 34.9 Å². The number of hydrogen-bond acceptors (Lipinski definition) is 2. The van der Waals surface area contributed by atoms with Crippen molar-refractivity contribution in [1.29, 1.82) is 0 Å². The van der Waals surface area contributed by atoms with Gasteiger partial charge >= 0.3 is 0 Å². The SMILES string of the molecule is CC(N)c1cccc2c(Cl)nc(C3CC3)n12. The number of rotatable bonds is 2. The first-order valence-corrected chi connectivity index (χ1v) is 5.98. The van der Waals surface area contributed by atoms with Gasteiger partial charge in [0.05, 0.1) is 5.52 Å². The highest BCUT2D eigenvalue weighted by molar-refractivity contribution is 6.32. The number of pyridine rings is 1. The second kappa shape index (κ2) is 3.47. The molecule has 1 aliphatic carbocycles. The Labute approximate surface area is 99.2 Å². The van der Waals surface area contributed by atoms with E-state index in [1.807, 2.05) is 25.1 Å². The Morgan fingerprint density at radius 3 is 2.88 bits per heavy atom. The summed E-state index contributed by atoms with van der Waals surface area (Å²) in [6.07, 6.45) is 2.42. The summed E-state index contributed by atoms with van der Waals surface area (Å²) >= 11 is 6.15. The number of nitrogens with zero attached hydrogens (tertiary/aromatic N) is 2. The number of halogens is 1. The zero-order valence-electron chi connectivity index (χ0n) is 9.15. The smallest absolute Gasteiger partial charge is 0.155 e. The van der Waals surface area contributed by atoms with Gasteiger partial charge in [0, 0.05) is 17.7 Å². The van der Waals surface area contributed by atoms with E-state index >= 15 is 0 Å². The average molecular weight is 236 g/mol. The van der Waals surface area contributed by atoms with Gasteiger partial charge in [0.2, 0.25) is 0 Å². The average Bonchev–Trinajstić information content (AvgIpc) is 3.04. The Balaban J connectivity index is 2.33. The van der Waals surface area contributed by atoms with Gasteiger partial charge in [0.25, 0.3) is 0 Å². The minimum atomic E-state index is -0.00790. The topological polar surface area (TPSA) is 43.3 Å². The third-order valence-corrected chi connectivity index (χ3v) is 3.36. The lowest BCUT2D eigenvalue weighted by molar-refractivity contribution is 0.741. The van der Waals surface area contributed by atoms with E-state index < -0.39 is 0 Å². The summed E-state index contributed by atoms with van der Waals surface area (Å²) in [6.45, 7) is 1.99. The highest BCUT2D eigenvalue weighted by Crippen LogP contribution is 2.41. The number of imidazole rings is 1. The highest BCUT2D eigenvalue weighted by atomic mass is 35.5. The molecule has 4 heteroatoms. The van der Waals surface area contributed by atoms with E-state index in [-0.39, 0.29) is 6.04 Å². The third-order valence-electron chi connectivity index (χ3n) is 3.08. The lowest BCUT2D eigenvalue weighted by Gasteiger charge is -2.11. The van der Waals surface area contributed by atoms with Crippen LogP contribution in [0.4, 0.5) is 0 Å². The van der Waals surface area contributed by atoms with Gasteiger partial charge in [0.15, 0.2) is 5.15 Å². The predicted molar refractivity (Wildman–Crippen MR) is 64.8 cm³/mol. The molecule has 0 radical (unpaired) electrons. The summed E-state index contributed by atoms with van der Waals surface area (Å²) < 4.78 is 2.13. The monoisotopic (exact) mass is 235 g/mol. The standard InChI is InChI=1S/C12H14ClN3/c1-7(14)9-3-2-4-10-11(13)15-12(16(9)10)8-5-6-8/h2-4,7-8H,5-6,14H2,1H3. The highest BCUT2D eigenvalue weighted by Gasteiger charge is 2.30. The number of fused-ring (bicyclic) bond motifs is 1. The predicted octanol–water partition coefficient (Wildman–Crippen LogP) is 2.88. The number of hydrogen-bond donors (Lipinski definition) is 1. The maximum Gasteiger partial charge on any atom is 0.155 e. The first-order valence-electron chi connectivity index (χ1n) is 5.61. The van der Waals surface area contributed by atoms with Gasteiger partial charge in [-0.3, -0.25) is 4.40 Å².